The number of carbonyl (C=O) groups is 1. The first-order valence-electron chi connectivity index (χ1n) is 8.35. The fourth-order valence-corrected chi connectivity index (χ4v) is 3.08. The van der Waals surface area contributed by atoms with Gasteiger partial charge in [0.15, 0.2) is 0 Å². The molecule has 1 amide bonds. The minimum Gasteiger partial charge on any atom is -0.457 e. The van der Waals surface area contributed by atoms with Gasteiger partial charge in [0.1, 0.15) is 23.9 Å². The minimum absolute atomic E-state index is 0.128. The Hall–Kier alpha value is -2.89. The molecule has 0 N–H and O–H groups in total. The summed E-state index contributed by atoms with van der Waals surface area (Å²) in [5.41, 5.74) is 1.65. The molecule has 25 heavy (non-hydrogen) atoms. The molecule has 1 fully saturated rings. The number of hydrogen-bond donors (Lipinski definition) is 0. The Labute approximate surface area is 144 Å². The highest BCUT2D eigenvalue weighted by atomic mass is 19.1. The second-order valence-electron chi connectivity index (χ2n) is 6.17. The van der Waals surface area contributed by atoms with E-state index in [0.29, 0.717) is 18.0 Å². The predicted molar refractivity (Wildman–Crippen MR) is 92.0 cm³/mol. The molecule has 0 saturated carbocycles. The normalized spacial score (nSPS) is 14.2. The van der Waals surface area contributed by atoms with E-state index in [1.807, 2.05) is 27.7 Å². The standard InChI is InChI=1S/C19H18FN3O2/c20-14-3-5-15(6-4-14)25-16-7-8-18-17(11-16)21-13-23(18)12-19(24)22-9-1-2-10-22/h3-8,11,13H,1-2,9-10,12H2. The molecule has 2 heterocycles. The first-order chi connectivity index (χ1) is 12.2. The lowest BCUT2D eigenvalue weighted by Gasteiger charge is -2.15. The van der Waals surface area contributed by atoms with Gasteiger partial charge < -0.3 is 14.2 Å². The van der Waals surface area contributed by atoms with Gasteiger partial charge in [-0.2, -0.15) is 0 Å². The fraction of sp³-hybridized carbons (Fsp3) is 0.263. The molecule has 1 saturated heterocycles. The maximum atomic E-state index is 13.0. The Morgan fingerprint density at radius 2 is 1.80 bits per heavy atom. The summed E-state index contributed by atoms with van der Waals surface area (Å²) in [5, 5.41) is 0. The van der Waals surface area contributed by atoms with Crippen molar-refractivity contribution in [1.82, 2.24) is 14.5 Å². The van der Waals surface area contributed by atoms with E-state index in [-0.39, 0.29) is 11.7 Å². The third-order valence-electron chi connectivity index (χ3n) is 4.41. The summed E-state index contributed by atoms with van der Waals surface area (Å²) in [6.07, 6.45) is 3.85. The van der Waals surface area contributed by atoms with Gasteiger partial charge in [-0.25, -0.2) is 9.37 Å². The van der Waals surface area contributed by atoms with Gasteiger partial charge in [-0.15, -0.1) is 0 Å². The van der Waals surface area contributed by atoms with Crippen molar-refractivity contribution in [3.05, 3.63) is 54.6 Å². The van der Waals surface area contributed by atoms with E-state index in [1.165, 1.54) is 12.1 Å². The topological polar surface area (TPSA) is 47.4 Å². The summed E-state index contributed by atoms with van der Waals surface area (Å²) in [4.78, 5) is 18.6. The molecule has 0 aliphatic carbocycles. The molecule has 2 aromatic carbocycles. The van der Waals surface area contributed by atoms with Crippen molar-refractivity contribution in [3.63, 3.8) is 0 Å². The molecule has 1 aliphatic heterocycles. The van der Waals surface area contributed by atoms with Crippen LogP contribution < -0.4 is 4.74 Å². The van der Waals surface area contributed by atoms with E-state index >= 15 is 0 Å². The predicted octanol–water partition coefficient (Wildman–Crippen LogP) is 3.59. The smallest absolute Gasteiger partial charge is 0.242 e. The van der Waals surface area contributed by atoms with Gasteiger partial charge in [-0.05, 0) is 49.2 Å². The summed E-state index contributed by atoms with van der Waals surface area (Å²) in [5.74, 6) is 1.01. The summed E-state index contributed by atoms with van der Waals surface area (Å²) in [6.45, 7) is 2.00. The van der Waals surface area contributed by atoms with E-state index in [2.05, 4.69) is 4.98 Å². The lowest BCUT2D eigenvalue weighted by molar-refractivity contribution is -0.130. The van der Waals surface area contributed by atoms with Crippen LogP contribution in [0, 0.1) is 5.82 Å². The van der Waals surface area contributed by atoms with Crippen molar-refractivity contribution in [3.8, 4) is 11.5 Å². The van der Waals surface area contributed by atoms with E-state index in [0.717, 1.165) is 37.0 Å². The van der Waals surface area contributed by atoms with Crippen molar-refractivity contribution >= 4 is 16.9 Å². The number of amides is 1. The van der Waals surface area contributed by atoms with Crippen molar-refractivity contribution < 1.29 is 13.9 Å². The number of imidazole rings is 1. The molecule has 0 radical (unpaired) electrons. The van der Waals surface area contributed by atoms with E-state index in [9.17, 15) is 9.18 Å². The highest BCUT2D eigenvalue weighted by Crippen LogP contribution is 2.25. The molecule has 0 unspecified atom stereocenters. The molecule has 1 aromatic heterocycles. The maximum Gasteiger partial charge on any atom is 0.242 e. The average molecular weight is 339 g/mol. The monoisotopic (exact) mass is 339 g/mol. The van der Waals surface area contributed by atoms with Crippen LogP contribution in [0.3, 0.4) is 0 Å². The highest BCUT2D eigenvalue weighted by Gasteiger charge is 2.18. The molecule has 0 spiro atoms. The zero-order valence-corrected chi connectivity index (χ0v) is 13.7. The Bertz CT molecular complexity index is 899. The van der Waals surface area contributed by atoms with Crippen LogP contribution in [0.2, 0.25) is 0 Å². The number of nitrogens with zero attached hydrogens (tertiary/aromatic N) is 3. The summed E-state index contributed by atoms with van der Waals surface area (Å²) in [6, 6.07) is 11.4. The molecule has 4 rings (SSSR count). The quantitative estimate of drug-likeness (QED) is 0.730. The van der Waals surface area contributed by atoms with Crippen molar-refractivity contribution in [2.45, 2.75) is 19.4 Å². The van der Waals surface area contributed by atoms with Crippen LogP contribution in [0.1, 0.15) is 12.8 Å². The van der Waals surface area contributed by atoms with Crippen molar-refractivity contribution in [1.29, 1.82) is 0 Å². The van der Waals surface area contributed by atoms with E-state index in [4.69, 9.17) is 4.74 Å². The number of benzene rings is 2. The van der Waals surface area contributed by atoms with Gasteiger partial charge in [0.2, 0.25) is 5.91 Å². The number of ether oxygens (including phenoxy) is 1. The number of fused-ring (bicyclic) bond motifs is 1. The van der Waals surface area contributed by atoms with Gasteiger partial charge >= 0.3 is 0 Å². The molecular weight excluding hydrogens is 321 g/mol. The molecule has 128 valence electrons. The van der Waals surface area contributed by atoms with E-state index < -0.39 is 0 Å². The number of hydrogen-bond acceptors (Lipinski definition) is 3. The first kappa shape index (κ1) is 15.6. The Kier molecular flexibility index (Phi) is 4.09. The molecule has 0 atom stereocenters. The summed E-state index contributed by atoms with van der Waals surface area (Å²) >= 11 is 0. The third-order valence-corrected chi connectivity index (χ3v) is 4.41. The number of halogens is 1. The highest BCUT2D eigenvalue weighted by molar-refractivity contribution is 5.81. The zero-order chi connectivity index (χ0) is 17.2. The molecule has 0 bridgehead atoms. The van der Waals surface area contributed by atoms with Crippen molar-refractivity contribution in [2.75, 3.05) is 13.1 Å². The molecule has 3 aromatic rings. The van der Waals surface area contributed by atoms with E-state index in [1.54, 1.807) is 18.5 Å². The van der Waals surface area contributed by atoms with Gasteiger partial charge in [0, 0.05) is 19.2 Å². The second kappa shape index (κ2) is 6.55. The lowest BCUT2D eigenvalue weighted by atomic mass is 10.3. The van der Waals surface area contributed by atoms with Crippen LogP contribution in [0.25, 0.3) is 11.0 Å². The van der Waals surface area contributed by atoms with Crippen LogP contribution in [0.15, 0.2) is 48.8 Å². The maximum absolute atomic E-state index is 13.0. The lowest BCUT2D eigenvalue weighted by Crippen LogP contribution is -2.30. The zero-order valence-electron chi connectivity index (χ0n) is 13.7. The van der Waals surface area contributed by atoms with Gasteiger partial charge in [0.05, 0.1) is 17.4 Å². The Morgan fingerprint density at radius 1 is 1.08 bits per heavy atom. The van der Waals surface area contributed by atoms with Crippen LogP contribution >= 0.6 is 0 Å². The van der Waals surface area contributed by atoms with Gasteiger partial charge in [-0.1, -0.05) is 0 Å². The molecule has 5 nitrogen and oxygen atoms in total. The van der Waals surface area contributed by atoms with Crippen LogP contribution in [-0.2, 0) is 11.3 Å². The first-order valence-corrected chi connectivity index (χ1v) is 8.35. The SMILES string of the molecule is O=C(Cn1cnc2cc(Oc3ccc(F)cc3)ccc21)N1CCCC1. The number of carbonyl (C=O) groups excluding carboxylic acids is 1. The largest absolute Gasteiger partial charge is 0.457 e. The van der Waals surface area contributed by atoms with Crippen molar-refractivity contribution in [2.24, 2.45) is 0 Å². The third kappa shape index (κ3) is 3.33. The van der Waals surface area contributed by atoms with Crippen LogP contribution in [0.5, 0.6) is 11.5 Å². The summed E-state index contributed by atoms with van der Waals surface area (Å²) in [7, 11) is 0. The van der Waals surface area contributed by atoms with Gasteiger partial charge in [0.25, 0.3) is 0 Å². The number of likely N-dealkylation sites (tertiary alicyclic amines) is 1. The van der Waals surface area contributed by atoms with Crippen LogP contribution in [0.4, 0.5) is 4.39 Å². The minimum atomic E-state index is -0.302. The average Bonchev–Trinajstić information content (AvgIpc) is 3.27. The number of rotatable bonds is 4. The molecule has 1 aliphatic rings. The Balaban J connectivity index is 1.52. The number of aromatic nitrogens is 2. The Morgan fingerprint density at radius 3 is 2.56 bits per heavy atom. The second-order valence-corrected chi connectivity index (χ2v) is 6.17. The van der Waals surface area contributed by atoms with Gasteiger partial charge in [-0.3, -0.25) is 4.79 Å². The summed E-state index contributed by atoms with van der Waals surface area (Å²) < 4.78 is 20.5. The van der Waals surface area contributed by atoms with Crippen LogP contribution in [-0.4, -0.2) is 33.4 Å². The molecular formula is C19H18FN3O2. The fourth-order valence-electron chi connectivity index (χ4n) is 3.08. The molecule has 6 heteroatoms.